The van der Waals surface area contributed by atoms with Crippen molar-refractivity contribution in [1.29, 1.82) is 0 Å². The van der Waals surface area contributed by atoms with Gasteiger partial charge in [-0.15, -0.1) is 0 Å². The van der Waals surface area contributed by atoms with Crippen LogP contribution in [-0.4, -0.2) is 30.5 Å². The molecule has 33 heavy (non-hydrogen) atoms. The summed E-state index contributed by atoms with van der Waals surface area (Å²) in [6.07, 6.45) is 0. The van der Waals surface area contributed by atoms with Crippen LogP contribution in [0, 0.1) is 6.92 Å². The number of amides is 1. The van der Waals surface area contributed by atoms with Gasteiger partial charge in [0.1, 0.15) is 0 Å². The van der Waals surface area contributed by atoms with Gasteiger partial charge in [-0.25, -0.2) is 13.2 Å². The molecule has 0 unspecified atom stereocenters. The number of hydrogen-bond donors (Lipinski definition) is 1. The Balaban J connectivity index is 1.54. The van der Waals surface area contributed by atoms with Crippen molar-refractivity contribution in [2.45, 2.75) is 11.8 Å². The van der Waals surface area contributed by atoms with Crippen LogP contribution in [0.25, 0.3) is 11.0 Å². The molecule has 4 rings (SSSR count). The highest BCUT2D eigenvalue weighted by Gasteiger charge is 2.21. The summed E-state index contributed by atoms with van der Waals surface area (Å²) < 4.78 is 30.0. The van der Waals surface area contributed by atoms with Crippen LogP contribution in [0.4, 0.5) is 11.4 Å². The number of fused-ring (bicyclic) bond motifs is 1. The van der Waals surface area contributed by atoms with E-state index < -0.39 is 10.0 Å². The zero-order chi connectivity index (χ0) is 23.9. The Morgan fingerprint density at radius 1 is 0.879 bits per heavy atom. The monoisotopic (exact) mass is 464 g/mol. The van der Waals surface area contributed by atoms with Crippen LogP contribution in [0.1, 0.15) is 15.9 Å². The minimum atomic E-state index is -3.71. The van der Waals surface area contributed by atoms with E-state index in [0.29, 0.717) is 22.5 Å². The number of rotatable bonds is 5. The molecule has 0 fully saturated rings. The lowest BCUT2D eigenvalue weighted by Gasteiger charge is -2.20. The van der Waals surface area contributed by atoms with Gasteiger partial charge in [0.2, 0.25) is 0 Å². The number of sulfonamides is 1. The topological polar surface area (TPSA) is 93.4 Å². The zero-order valence-corrected chi connectivity index (χ0v) is 19.6. The van der Waals surface area contributed by atoms with Crippen molar-refractivity contribution >= 4 is 38.3 Å². The number of hydrogen-bond acceptors (Lipinski definition) is 4. The van der Waals surface area contributed by atoms with Gasteiger partial charge < -0.3 is 5.32 Å². The molecule has 0 spiro atoms. The van der Waals surface area contributed by atoms with Gasteiger partial charge in [0.15, 0.2) is 0 Å². The Hall–Kier alpha value is -3.85. The molecule has 0 aliphatic heterocycles. The molecule has 1 amide bonds. The maximum Gasteiger partial charge on any atom is 0.328 e. The first-order chi connectivity index (χ1) is 15.6. The predicted octanol–water partition coefficient (Wildman–Crippen LogP) is 3.26. The highest BCUT2D eigenvalue weighted by Crippen LogP contribution is 2.23. The number of nitrogens with zero attached hydrogens (tertiary/aromatic N) is 3. The number of nitrogens with one attached hydrogen (secondary N) is 1. The molecule has 0 aliphatic rings. The van der Waals surface area contributed by atoms with Crippen molar-refractivity contribution in [1.82, 2.24) is 9.13 Å². The first-order valence-electron chi connectivity index (χ1n) is 10.2. The Morgan fingerprint density at radius 2 is 1.48 bits per heavy atom. The summed E-state index contributed by atoms with van der Waals surface area (Å²) >= 11 is 0. The summed E-state index contributed by atoms with van der Waals surface area (Å²) in [5.74, 6) is -0.342. The van der Waals surface area contributed by atoms with Crippen molar-refractivity contribution in [2.75, 3.05) is 16.7 Å². The fraction of sp³-hybridized carbons (Fsp3) is 0.167. The zero-order valence-electron chi connectivity index (χ0n) is 18.7. The lowest BCUT2D eigenvalue weighted by molar-refractivity contribution is 0.102. The van der Waals surface area contributed by atoms with Crippen molar-refractivity contribution in [2.24, 2.45) is 14.1 Å². The summed E-state index contributed by atoms with van der Waals surface area (Å²) in [7, 11) is 1.13. The first kappa shape index (κ1) is 22.3. The third kappa shape index (κ3) is 4.03. The molecule has 1 N–H and O–H groups in total. The molecule has 0 saturated heterocycles. The maximum absolute atomic E-state index is 12.9. The minimum absolute atomic E-state index is 0.145. The van der Waals surface area contributed by atoms with E-state index in [1.165, 1.54) is 15.9 Å². The van der Waals surface area contributed by atoms with Gasteiger partial charge >= 0.3 is 5.69 Å². The predicted molar refractivity (Wildman–Crippen MR) is 129 cm³/mol. The van der Waals surface area contributed by atoms with E-state index >= 15 is 0 Å². The molecule has 8 nitrogen and oxygen atoms in total. The van der Waals surface area contributed by atoms with Crippen molar-refractivity contribution in [3.8, 4) is 0 Å². The molecule has 0 radical (unpaired) electrons. The molecule has 1 aromatic heterocycles. The van der Waals surface area contributed by atoms with Gasteiger partial charge in [-0.05, 0) is 61.5 Å². The molecule has 0 aliphatic carbocycles. The van der Waals surface area contributed by atoms with Crippen molar-refractivity contribution in [3.05, 3.63) is 88.3 Å². The second-order valence-electron chi connectivity index (χ2n) is 7.89. The number of aryl methyl sites for hydroxylation is 3. The molecule has 0 atom stereocenters. The largest absolute Gasteiger partial charge is 0.328 e. The molecule has 3 aromatic carbocycles. The minimum Gasteiger partial charge on any atom is -0.322 e. The van der Waals surface area contributed by atoms with Crippen LogP contribution in [0.5, 0.6) is 0 Å². The van der Waals surface area contributed by atoms with Gasteiger partial charge in [0, 0.05) is 32.4 Å². The summed E-state index contributed by atoms with van der Waals surface area (Å²) in [6, 6.07) is 18.2. The summed E-state index contributed by atoms with van der Waals surface area (Å²) in [6.45, 7) is 1.89. The van der Waals surface area contributed by atoms with Gasteiger partial charge in [-0.1, -0.05) is 17.7 Å². The second-order valence-corrected chi connectivity index (χ2v) is 9.86. The van der Waals surface area contributed by atoms with Crippen LogP contribution in [0.2, 0.25) is 0 Å². The fourth-order valence-electron chi connectivity index (χ4n) is 3.62. The standard InChI is InChI=1S/C24H24N4O4S/c1-16-5-12-20(13-6-16)33(31,32)28(4)19-10-7-17(8-11-19)23(29)25-18-9-14-21-22(15-18)27(3)24(30)26(21)2/h5-15H,1-4H3,(H,25,29). The van der Waals surface area contributed by atoms with E-state index in [2.05, 4.69) is 5.32 Å². The molecule has 170 valence electrons. The normalized spacial score (nSPS) is 11.5. The second kappa shape index (κ2) is 8.25. The van der Waals surface area contributed by atoms with Crippen LogP contribution in [0.15, 0.2) is 76.4 Å². The smallest absolute Gasteiger partial charge is 0.322 e. The number of carbonyl (C=O) groups excluding carboxylic acids is 1. The van der Waals surface area contributed by atoms with Crippen LogP contribution in [0.3, 0.4) is 0 Å². The van der Waals surface area contributed by atoms with Crippen molar-refractivity contribution in [3.63, 3.8) is 0 Å². The van der Waals surface area contributed by atoms with E-state index in [9.17, 15) is 18.0 Å². The average molecular weight is 465 g/mol. The van der Waals surface area contributed by atoms with E-state index in [0.717, 1.165) is 11.1 Å². The lowest BCUT2D eigenvalue weighted by atomic mass is 10.2. The Kier molecular flexibility index (Phi) is 5.59. The molecule has 0 saturated carbocycles. The summed E-state index contributed by atoms with van der Waals surface area (Å²) in [5.41, 5.74) is 3.67. The van der Waals surface area contributed by atoms with E-state index in [4.69, 9.17) is 0 Å². The van der Waals surface area contributed by atoms with Gasteiger partial charge in [0.25, 0.3) is 15.9 Å². The quantitative estimate of drug-likeness (QED) is 0.491. The van der Waals surface area contributed by atoms with Gasteiger partial charge in [0.05, 0.1) is 21.6 Å². The van der Waals surface area contributed by atoms with Crippen LogP contribution < -0.4 is 15.3 Å². The number of benzene rings is 3. The summed E-state index contributed by atoms with van der Waals surface area (Å²) in [4.78, 5) is 25.0. The molecule has 1 heterocycles. The molecule has 4 aromatic rings. The number of anilines is 2. The lowest BCUT2D eigenvalue weighted by Crippen LogP contribution is -2.26. The van der Waals surface area contributed by atoms with E-state index in [-0.39, 0.29) is 16.5 Å². The molecular weight excluding hydrogens is 440 g/mol. The average Bonchev–Trinajstić information content (AvgIpc) is 3.02. The van der Waals surface area contributed by atoms with E-state index in [1.54, 1.807) is 85.4 Å². The molecule has 0 bridgehead atoms. The summed E-state index contributed by atoms with van der Waals surface area (Å²) in [5, 5.41) is 2.82. The van der Waals surface area contributed by atoms with E-state index in [1.807, 2.05) is 6.92 Å². The highest BCUT2D eigenvalue weighted by atomic mass is 32.2. The molecular formula is C24H24N4O4S. The number of imidazole rings is 1. The van der Waals surface area contributed by atoms with Crippen LogP contribution >= 0.6 is 0 Å². The maximum atomic E-state index is 12.9. The Bertz CT molecular complexity index is 1520. The highest BCUT2D eigenvalue weighted by molar-refractivity contribution is 7.92. The van der Waals surface area contributed by atoms with Crippen LogP contribution in [-0.2, 0) is 24.1 Å². The Labute approximate surface area is 191 Å². The fourth-order valence-corrected chi connectivity index (χ4v) is 4.81. The Morgan fingerprint density at radius 3 is 2.12 bits per heavy atom. The van der Waals surface area contributed by atoms with Crippen molar-refractivity contribution < 1.29 is 13.2 Å². The molecule has 9 heteroatoms. The third-order valence-corrected chi connectivity index (χ3v) is 7.50. The number of carbonyl (C=O) groups is 1. The first-order valence-corrected chi connectivity index (χ1v) is 11.7. The van der Waals surface area contributed by atoms with Gasteiger partial charge in [-0.3, -0.25) is 18.2 Å². The third-order valence-electron chi connectivity index (χ3n) is 5.70. The number of aromatic nitrogens is 2. The SMILES string of the molecule is Cc1ccc(S(=O)(=O)N(C)c2ccc(C(=O)Nc3ccc4c(c3)n(C)c(=O)n4C)cc2)cc1. The van der Waals surface area contributed by atoms with Gasteiger partial charge in [-0.2, -0.15) is 0 Å².